The summed E-state index contributed by atoms with van der Waals surface area (Å²) in [5, 5.41) is 9.59. The smallest absolute Gasteiger partial charge is 0.240 e. The van der Waals surface area contributed by atoms with Crippen LogP contribution in [0, 0.1) is 18.7 Å². The van der Waals surface area contributed by atoms with Gasteiger partial charge in [0.05, 0.1) is 11.0 Å². The number of halogens is 1. The minimum absolute atomic E-state index is 0.108. The summed E-state index contributed by atoms with van der Waals surface area (Å²) in [4.78, 5) is -0.167. The third-order valence-corrected chi connectivity index (χ3v) is 5.39. The third kappa shape index (κ3) is 3.93. The summed E-state index contributed by atoms with van der Waals surface area (Å²) < 4.78 is 40.4. The number of nitrogens with two attached hydrogens (primary N) is 1. The molecule has 1 aromatic carbocycles. The number of hydrogen-bond donors (Lipinski definition) is 3. The minimum Gasteiger partial charge on any atom is -0.398 e. The van der Waals surface area contributed by atoms with E-state index in [1.165, 1.54) is 13.0 Å². The second-order valence-corrected chi connectivity index (χ2v) is 7.42. The van der Waals surface area contributed by atoms with E-state index in [-0.39, 0.29) is 34.7 Å². The average molecular weight is 316 g/mol. The molecule has 0 aromatic heterocycles. The van der Waals surface area contributed by atoms with Gasteiger partial charge in [-0.15, -0.1) is 0 Å². The van der Waals surface area contributed by atoms with Crippen molar-refractivity contribution >= 4 is 15.7 Å². The fourth-order valence-electron chi connectivity index (χ4n) is 2.59. The van der Waals surface area contributed by atoms with E-state index in [1.54, 1.807) is 0 Å². The Bertz CT molecular complexity index is 596. The van der Waals surface area contributed by atoms with Crippen molar-refractivity contribution < 1.29 is 17.9 Å². The zero-order valence-electron chi connectivity index (χ0n) is 12.0. The Kier molecular flexibility index (Phi) is 4.85. The number of anilines is 1. The first-order valence-electron chi connectivity index (χ1n) is 7.03. The number of rotatable bonds is 4. The highest BCUT2D eigenvalue weighted by Gasteiger charge is 2.23. The largest absolute Gasteiger partial charge is 0.398 e. The van der Waals surface area contributed by atoms with Crippen LogP contribution >= 0.6 is 0 Å². The maximum absolute atomic E-state index is 13.6. The molecule has 2 atom stereocenters. The van der Waals surface area contributed by atoms with E-state index in [1.807, 2.05) is 0 Å². The Labute approximate surface area is 124 Å². The van der Waals surface area contributed by atoms with E-state index in [2.05, 4.69) is 4.72 Å². The molecular formula is C14H21FN2O3S. The Hall–Kier alpha value is -1.18. The van der Waals surface area contributed by atoms with E-state index in [4.69, 9.17) is 5.73 Å². The molecule has 0 saturated heterocycles. The Morgan fingerprint density at radius 1 is 1.43 bits per heavy atom. The second kappa shape index (κ2) is 6.29. The Morgan fingerprint density at radius 2 is 2.14 bits per heavy atom. The molecule has 2 unspecified atom stereocenters. The van der Waals surface area contributed by atoms with Gasteiger partial charge >= 0.3 is 0 Å². The Morgan fingerprint density at radius 3 is 2.76 bits per heavy atom. The van der Waals surface area contributed by atoms with Crippen molar-refractivity contribution in [3.8, 4) is 0 Å². The molecule has 1 aromatic rings. The molecule has 0 bridgehead atoms. The first-order valence-corrected chi connectivity index (χ1v) is 8.51. The molecule has 0 amide bonds. The molecule has 5 nitrogen and oxygen atoms in total. The van der Waals surface area contributed by atoms with Gasteiger partial charge in [-0.3, -0.25) is 0 Å². The van der Waals surface area contributed by atoms with Crippen LogP contribution < -0.4 is 10.5 Å². The monoisotopic (exact) mass is 316 g/mol. The normalized spacial score (nSPS) is 23.2. The molecule has 7 heteroatoms. The van der Waals surface area contributed by atoms with Crippen LogP contribution in [0.5, 0.6) is 0 Å². The number of hydrogen-bond acceptors (Lipinski definition) is 4. The molecule has 1 aliphatic carbocycles. The third-order valence-electron chi connectivity index (χ3n) is 3.99. The van der Waals surface area contributed by atoms with Gasteiger partial charge in [0.15, 0.2) is 0 Å². The summed E-state index contributed by atoms with van der Waals surface area (Å²) in [5.74, 6) is -0.528. The highest BCUT2D eigenvalue weighted by molar-refractivity contribution is 7.89. The number of nitrogens with one attached hydrogen (secondary N) is 1. The van der Waals surface area contributed by atoms with E-state index >= 15 is 0 Å². The Balaban J connectivity index is 2.08. The SMILES string of the molecule is Cc1c(N)cc(S(=O)(=O)NCC2CCCC(O)C2)cc1F. The predicted octanol–water partition coefficient (Wildman–Crippen LogP) is 1.55. The quantitative estimate of drug-likeness (QED) is 0.735. The lowest BCUT2D eigenvalue weighted by molar-refractivity contribution is 0.102. The predicted molar refractivity (Wildman–Crippen MR) is 78.7 cm³/mol. The number of benzene rings is 1. The van der Waals surface area contributed by atoms with E-state index < -0.39 is 15.8 Å². The first-order chi connectivity index (χ1) is 9.79. The average Bonchev–Trinajstić information content (AvgIpc) is 2.42. The van der Waals surface area contributed by atoms with E-state index in [0.29, 0.717) is 6.42 Å². The topological polar surface area (TPSA) is 92.4 Å². The van der Waals surface area contributed by atoms with Gasteiger partial charge in [0.25, 0.3) is 0 Å². The molecule has 118 valence electrons. The van der Waals surface area contributed by atoms with Gasteiger partial charge in [0.1, 0.15) is 5.82 Å². The van der Waals surface area contributed by atoms with Gasteiger partial charge in [0.2, 0.25) is 10.0 Å². The van der Waals surface area contributed by atoms with Crippen molar-refractivity contribution in [1.29, 1.82) is 0 Å². The molecule has 21 heavy (non-hydrogen) atoms. The van der Waals surface area contributed by atoms with Crippen molar-refractivity contribution in [2.75, 3.05) is 12.3 Å². The summed E-state index contributed by atoms with van der Waals surface area (Å²) >= 11 is 0. The van der Waals surface area contributed by atoms with Gasteiger partial charge in [-0.25, -0.2) is 17.5 Å². The zero-order chi connectivity index (χ0) is 15.6. The van der Waals surface area contributed by atoms with Gasteiger partial charge in [-0.1, -0.05) is 6.42 Å². The molecule has 0 heterocycles. The molecule has 0 aliphatic heterocycles. The van der Waals surface area contributed by atoms with E-state index in [0.717, 1.165) is 25.3 Å². The summed E-state index contributed by atoms with van der Waals surface area (Å²) in [6, 6.07) is 2.24. The zero-order valence-corrected chi connectivity index (χ0v) is 12.8. The van der Waals surface area contributed by atoms with Crippen molar-refractivity contribution in [2.45, 2.75) is 43.6 Å². The van der Waals surface area contributed by atoms with Crippen LogP contribution in [0.15, 0.2) is 17.0 Å². The summed E-state index contributed by atoms with van der Waals surface area (Å²) in [6.45, 7) is 1.74. The lowest BCUT2D eigenvalue weighted by atomic mass is 9.87. The van der Waals surface area contributed by atoms with Gasteiger partial charge in [0, 0.05) is 17.8 Å². The standard InChI is InChI=1S/C14H21FN2O3S/c1-9-13(15)6-12(7-14(9)16)21(19,20)17-8-10-3-2-4-11(18)5-10/h6-7,10-11,17-18H,2-5,8,16H2,1H3. The maximum Gasteiger partial charge on any atom is 0.240 e. The van der Waals surface area contributed by atoms with Crippen molar-refractivity contribution in [3.63, 3.8) is 0 Å². The van der Waals surface area contributed by atoms with Crippen LogP contribution in [0.2, 0.25) is 0 Å². The van der Waals surface area contributed by atoms with Crippen LogP contribution in [-0.4, -0.2) is 26.2 Å². The number of aliphatic hydroxyl groups is 1. The van der Waals surface area contributed by atoms with Crippen LogP contribution in [0.4, 0.5) is 10.1 Å². The fourth-order valence-corrected chi connectivity index (χ4v) is 3.75. The van der Waals surface area contributed by atoms with Crippen molar-refractivity contribution in [2.24, 2.45) is 5.92 Å². The second-order valence-electron chi connectivity index (χ2n) is 5.66. The molecule has 1 aliphatic rings. The number of aliphatic hydroxyl groups excluding tert-OH is 1. The molecular weight excluding hydrogens is 295 g/mol. The molecule has 1 saturated carbocycles. The van der Waals surface area contributed by atoms with Gasteiger partial charge < -0.3 is 10.8 Å². The lowest BCUT2D eigenvalue weighted by Gasteiger charge is -2.25. The molecule has 2 rings (SSSR count). The van der Waals surface area contributed by atoms with Crippen LogP contribution in [0.1, 0.15) is 31.2 Å². The molecule has 1 fully saturated rings. The van der Waals surface area contributed by atoms with Crippen LogP contribution in [0.3, 0.4) is 0 Å². The van der Waals surface area contributed by atoms with Crippen LogP contribution in [-0.2, 0) is 10.0 Å². The van der Waals surface area contributed by atoms with E-state index in [9.17, 15) is 17.9 Å². The highest BCUT2D eigenvalue weighted by atomic mass is 32.2. The summed E-state index contributed by atoms with van der Waals surface area (Å²) in [5.41, 5.74) is 5.96. The summed E-state index contributed by atoms with van der Waals surface area (Å²) in [6.07, 6.45) is 2.76. The fraction of sp³-hybridized carbons (Fsp3) is 0.571. The lowest BCUT2D eigenvalue weighted by Crippen LogP contribution is -2.33. The molecule has 0 radical (unpaired) electrons. The van der Waals surface area contributed by atoms with Gasteiger partial charge in [-0.05, 0) is 44.2 Å². The molecule has 0 spiro atoms. The highest BCUT2D eigenvalue weighted by Crippen LogP contribution is 2.25. The summed E-state index contributed by atoms with van der Waals surface area (Å²) in [7, 11) is -3.79. The number of sulfonamides is 1. The van der Waals surface area contributed by atoms with Crippen molar-refractivity contribution in [3.05, 3.63) is 23.5 Å². The maximum atomic E-state index is 13.6. The minimum atomic E-state index is -3.79. The van der Waals surface area contributed by atoms with Gasteiger partial charge in [-0.2, -0.15) is 0 Å². The molecule has 4 N–H and O–H groups in total. The number of nitrogen functional groups attached to an aromatic ring is 1. The first kappa shape index (κ1) is 16.2. The van der Waals surface area contributed by atoms with Crippen LogP contribution in [0.25, 0.3) is 0 Å². The van der Waals surface area contributed by atoms with Crippen molar-refractivity contribution in [1.82, 2.24) is 4.72 Å².